The van der Waals surface area contributed by atoms with Gasteiger partial charge in [0.05, 0.1) is 18.1 Å². The molecule has 0 spiro atoms. The van der Waals surface area contributed by atoms with Crippen molar-refractivity contribution in [3.8, 4) is 0 Å². The Morgan fingerprint density at radius 1 is 1.23 bits per heavy atom. The van der Waals surface area contributed by atoms with Crippen molar-refractivity contribution in [1.29, 1.82) is 0 Å². The summed E-state index contributed by atoms with van der Waals surface area (Å²) in [4.78, 5) is 21.4. The molecule has 0 amide bonds. The molecule has 0 atom stereocenters. The number of esters is 1. The van der Waals surface area contributed by atoms with Crippen molar-refractivity contribution in [2.45, 2.75) is 17.6 Å². The second kappa shape index (κ2) is 8.58. The van der Waals surface area contributed by atoms with E-state index in [0.29, 0.717) is 0 Å². The van der Waals surface area contributed by atoms with Crippen LogP contribution in [0.15, 0.2) is 23.1 Å². The molecule has 0 unspecified atom stereocenters. The van der Waals surface area contributed by atoms with Gasteiger partial charge in [0.2, 0.25) is 0 Å². The molecule has 0 aliphatic carbocycles. The molecule has 1 aromatic carbocycles. The molecular weight excluding hydrogens is 331 g/mol. The summed E-state index contributed by atoms with van der Waals surface area (Å²) in [6, 6.07) is 2.84. The zero-order valence-corrected chi connectivity index (χ0v) is 14.2. The van der Waals surface area contributed by atoms with Gasteiger partial charge in [-0.1, -0.05) is 12.1 Å². The first kappa shape index (κ1) is 21.0. The molecule has 0 radical (unpaired) electrons. The van der Waals surface area contributed by atoms with E-state index in [9.17, 15) is 23.1 Å². The Hall–Kier alpha value is -1.01. The maximum Gasteiger partial charge on any atom is 1.00 e. The van der Waals surface area contributed by atoms with Gasteiger partial charge in [-0.3, -0.25) is 4.55 Å². The average Bonchev–Trinajstić information content (AvgIpc) is 2.36. The summed E-state index contributed by atoms with van der Waals surface area (Å²) >= 11 is 0. The molecule has 0 aliphatic rings. The van der Waals surface area contributed by atoms with Crippen LogP contribution in [0.3, 0.4) is 0 Å². The topological polar surface area (TPSA) is 161 Å². The first-order chi connectivity index (χ1) is 9.64. The van der Waals surface area contributed by atoms with Gasteiger partial charge in [0.15, 0.2) is 6.29 Å². The minimum absolute atomic E-state index is 0. The standard InChI is InChI=1S/C11H12O9S.Na/c12-8(13)4-5-20-11(16)7-3-1-2-6(10(14)15)9(7)21(17,18)19;/h1-3,8,12-13H,4-5H2,(H,14,15)(H,17,18,19);/q;+1/p-1. The number of hydrogen-bond donors (Lipinski definition) is 3. The monoisotopic (exact) mass is 342 g/mol. The van der Waals surface area contributed by atoms with Crippen LogP contribution in [0, 0.1) is 0 Å². The van der Waals surface area contributed by atoms with Gasteiger partial charge in [0, 0.05) is 12.0 Å². The average molecular weight is 342 g/mol. The fourth-order valence-corrected chi connectivity index (χ4v) is 2.33. The predicted octanol–water partition coefficient (Wildman–Crippen LogP) is -4.84. The van der Waals surface area contributed by atoms with Crippen LogP contribution in [-0.2, 0) is 14.9 Å². The van der Waals surface area contributed by atoms with Gasteiger partial charge in [-0.2, -0.15) is 8.42 Å². The third kappa shape index (κ3) is 5.65. The zero-order valence-electron chi connectivity index (χ0n) is 11.4. The van der Waals surface area contributed by atoms with E-state index >= 15 is 0 Å². The number of carboxylic acids is 1. The van der Waals surface area contributed by atoms with Gasteiger partial charge in [0.25, 0.3) is 10.1 Å². The predicted molar refractivity (Wildman–Crippen MR) is 63.7 cm³/mol. The van der Waals surface area contributed by atoms with Crippen LogP contribution in [0.4, 0.5) is 0 Å². The minimum Gasteiger partial charge on any atom is -0.545 e. The van der Waals surface area contributed by atoms with Crippen molar-refractivity contribution >= 4 is 22.1 Å². The molecule has 3 N–H and O–H groups in total. The summed E-state index contributed by atoms with van der Waals surface area (Å²) in [7, 11) is -5.02. The number of ether oxygens (including phenoxy) is 1. The van der Waals surface area contributed by atoms with E-state index in [1.165, 1.54) is 0 Å². The van der Waals surface area contributed by atoms with Crippen molar-refractivity contribution < 1.29 is 72.2 Å². The van der Waals surface area contributed by atoms with Gasteiger partial charge in [-0.25, -0.2) is 4.79 Å². The number of carbonyl (C=O) groups excluding carboxylic acids is 2. The number of aliphatic hydroxyl groups excluding tert-OH is 1. The molecule has 1 rings (SSSR count). The number of rotatable bonds is 6. The van der Waals surface area contributed by atoms with E-state index in [1.54, 1.807) is 0 Å². The Morgan fingerprint density at radius 2 is 1.77 bits per heavy atom. The molecule has 116 valence electrons. The number of aromatic carboxylic acids is 1. The van der Waals surface area contributed by atoms with Crippen LogP contribution >= 0.6 is 0 Å². The maximum absolute atomic E-state index is 11.7. The number of carbonyl (C=O) groups is 2. The third-order valence-electron chi connectivity index (χ3n) is 2.32. The first-order valence-corrected chi connectivity index (χ1v) is 6.93. The molecule has 22 heavy (non-hydrogen) atoms. The largest absolute Gasteiger partial charge is 1.00 e. The molecular formula is C11H11NaO9S. The molecule has 0 heterocycles. The van der Waals surface area contributed by atoms with Crippen LogP contribution < -0.4 is 34.7 Å². The summed E-state index contributed by atoms with van der Waals surface area (Å²) in [5.74, 6) is -3.14. The van der Waals surface area contributed by atoms with E-state index in [1.807, 2.05) is 0 Å². The molecule has 0 saturated heterocycles. The molecule has 0 saturated carbocycles. The molecule has 0 aromatic heterocycles. The molecule has 1 aromatic rings. The summed E-state index contributed by atoms with van der Waals surface area (Å²) in [6.07, 6.45) is -2.05. The summed E-state index contributed by atoms with van der Waals surface area (Å²) in [5, 5.41) is 28.0. The maximum atomic E-state index is 11.7. The van der Waals surface area contributed by atoms with E-state index in [2.05, 4.69) is 4.74 Å². The molecule has 0 fully saturated rings. The Morgan fingerprint density at radius 3 is 2.23 bits per heavy atom. The molecule has 11 heteroatoms. The minimum atomic E-state index is -5.02. The normalized spacial score (nSPS) is 10.9. The molecule has 0 aliphatic heterocycles. The van der Waals surface area contributed by atoms with E-state index in [-0.39, 0.29) is 36.0 Å². The number of carboxylic acid groups (broad SMARTS) is 1. The van der Waals surface area contributed by atoms with Crippen LogP contribution in [0.1, 0.15) is 27.1 Å². The summed E-state index contributed by atoms with van der Waals surface area (Å²) in [6.45, 7) is -0.447. The van der Waals surface area contributed by atoms with Crippen molar-refractivity contribution in [3.05, 3.63) is 29.3 Å². The summed E-state index contributed by atoms with van der Waals surface area (Å²) < 4.78 is 36.1. The fraction of sp³-hybridized carbons (Fsp3) is 0.273. The Labute approximate surface area is 147 Å². The van der Waals surface area contributed by atoms with Gasteiger partial charge < -0.3 is 24.9 Å². The van der Waals surface area contributed by atoms with E-state index < -0.39 is 51.0 Å². The van der Waals surface area contributed by atoms with Crippen LogP contribution in [-0.4, -0.2) is 48.0 Å². The molecule has 0 bridgehead atoms. The fourth-order valence-electron chi connectivity index (χ4n) is 1.47. The van der Waals surface area contributed by atoms with Crippen molar-refractivity contribution in [2.75, 3.05) is 6.61 Å². The van der Waals surface area contributed by atoms with Gasteiger partial charge in [0.1, 0.15) is 4.90 Å². The number of aliphatic hydroxyl groups is 2. The summed E-state index contributed by atoms with van der Waals surface area (Å²) in [5.41, 5.74) is -1.60. The van der Waals surface area contributed by atoms with E-state index in [4.69, 9.17) is 14.8 Å². The van der Waals surface area contributed by atoms with Crippen LogP contribution in [0.5, 0.6) is 0 Å². The quantitative estimate of drug-likeness (QED) is 0.199. The Kier molecular flexibility index (Phi) is 8.18. The van der Waals surface area contributed by atoms with Gasteiger partial charge >= 0.3 is 35.5 Å². The molecule has 9 nitrogen and oxygen atoms in total. The number of hydrogen-bond acceptors (Lipinski definition) is 8. The third-order valence-corrected chi connectivity index (χ3v) is 3.28. The number of benzene rings is 1. The van der Waals surface area contributed by atoms with Crippen LogP contribution in [0.2, 0.25) is 0 Å². The van der Waals surface area contributed by atoms with Gasteiger partial charge in [-0.05, 0) is 6.07 Å². The Balaban J connectivity index is 0.00000441. The van der Waals surface area contributed by atoms with Crippen LogP contribution in [0.25, 0.3) is 0 Å². The second-order valence-corrected chi connectivity index (χ2v) is 5.21. The first-order valence-electron chi connectivity index (χ1n) is 5.49. The second-order valence-electron chi connectivity index (χ2n) is 3.85. The van der Waals surface area contributed by atoms with Crippen molar-refractivity contribution in [3.63, 3.8) is 0 Å². The van der Waals surface area contributed by atoms with Crippen molar-refractivity contribution in [1.82, 2.24) is 0 Å². The zero-order chi connectivity index (χ0) is 16.2. The SMILES string of the molecule is O=C([O-])c1cccc(C(=O)OCCC(O)O)c1S(=O)(=O)O.[Na+]. The van der Waals surface area contributed by atoms with Gasteiger partial charge in [-0.15, -0.1) is 0 Å². The smallest absolute Gasteiger partial charge is 0.545 e. The Bertz CT molecular complexity index is 654. The van der Waals surface area contributed by atoms with E-state index in [0.717, 1.165) is 18.2 Å². The van der Waals surface area contributed by atoms with Crippen molar-refractivity contribution in [2.24, 2.45) is 0 Å².